The molecule has 5 nitrogen and oxygen atoms in total. The van der Waals surface area contributed by atoms with Crippen LogP contribution >= 0.6 is 0 Å². The van der Waals surface area contributed by atoms with Gasteiger partial charge in [-0.15, -0.1) is 0 Å². The van der Waals surface area contributed by atoms with Crippen molar-refractivity contribution in [2.24, 2.45) is 5.73 Å². The fraction of sp³-hybridized carbons (Fsp3) is 0.600. The minimum Gasteiger partial charge on any atom is -0.327 e. The average molecular weight is 275 g/mol. The van der Waals surface area contributed by atoms with Crippen LogP contribution in [0.4, 0.5) is 0 Å². The van der Waals surface area contributed by atoms with Gasteiger partial charge >= 0.3 is 0 Å². The third kappa shape index (κ3) is 3.70. The Labute approximate surface area is 120 Å². The zero-order chi connectivity index (χ0) is 14.5. The summed E-state index contributed by atoms with van der Waals surface area (Å²) < 4.78 is 3.95. The van der Waals surface area contributed by atoms with Crippen LogP contribution in [0.1, 0.15) is 50.9 Å². The third-order valence-corrected chi connectivity index (χ3v) is 3.74. The third-order valence-electron chi connectivity index (χ3n) is 3.74. The minimum absolute atomic E-state index is 0.220. The number of nitrogens with two attached hydrogens (primary N) is 1. The highest BCUT2D eigenvalue weighted by atomic mass is 15.3. The molecule has 20 heavy (non-hydrogen) atoms. The number of hydrogen-bond acceptors (Lipinski definition) is 3. The van der Waals surface area contributed by atoms with Crippen LogP contribution in [0.3, 0.4) is 0 Å². The zero-order valence-electron chi connectivity index (χ0n) is 12.7. The van der Waals surface area contributed by atoms with Crippen molar-refractivity contribution in [3.8, 4) is 0 Å². The number of nitrogens with zero attached hydrogens (tertiary/aromatic N) is 4. The molecule has 2 N–H and O–H groups in total. The smallest absolute Gasteiger partial charge is 0.0849 e. The molecular weight excluding hydrogens is 250 g/mol. The second-order valence-electron chi connectivity index (χ2n) is 5.46. The molecule has 0 aliphatic heterocycles. The fourth-order valence-electron chi connectivity index (χ4n) is 2.11. The zero-order valence-corrected chi connectivity index (χ0v) is 12.7. The molecule has 2 heterocycles. The van der Waals surface area contributed by atoms with Crippen molar-refractivity contribution in [3.63, 3.8) is 0 Å². The van der Waals surface area contributed by atoms with Gasteiger partial charge in [-0.3, -0.25) is 9.36 Å². The molecule has 5 heteroatoms. The van der Waals surface area contributed by atoms with Crippen LogP contribution in [-0.2, 0) is 13.0 Å². The quantitative estimate of drug-likeness (QED) is 0.844. The Morgan fingerprint density at radius 2 is 2.10 bits per heavy atom. The van der Waals surface area contributed by atoms with Crippen molar-refractivity contribution >= 4 is 0 Å². The lowest BCUT2D eigenvalue weighted by Gasteiger charge is -2.08. The predicted molar refractivity (Wildman–Crippen MR) is 80.5 cm³/mol. The summed E-state index contributed by atoms with van der Waals surface area (Å²) in [6.45, 7) is 7.17. The van der Waals surface area contributed by atoms with Crippen LogP contribution in [0, 0.1) is 0 Å². The molecule has 0 fully saturated rings. The van der Waals surface area contributed by atoms with E-state index in [0.717, 1.165) is 25.0 Å². The summed E-state index contributed by atoms with van der Waals surface area (Å²) in [5.41, 5.74) is 8.20. The van der Waals surface area contributed by atoms with Gasteiger partial charge in [-0.1, -0.05) is 13.8 Å². The summed E-state index contributed by atoms with van der Waals surface area (Å²) in [5.74, 6) is 0. The summed E-state index contributed by atoms with van der Waals surface area (Å²) in [5, 5.41) is 8.98. The second-order valence-corrected chi connectivity index (χ2v) is 5.46. The topological polar surface area (TPSA) is 61.7 Å². The maximum Gasteiger partial charge on any atom is 0.0849 e. The SMILES string of the molecule is CCC(N)Cc1cnn(Cc2ccn(C(C)CC)n2)c1. The Hall–Kier alpha value is -1.62. The molecule has 2 aromatic rings. The summed E-state index contributed by atoms with van der Waals surface area (Å²) in [6, 6.07) is 2.72. The van der Waals surface area contributed by atoms with Gasteiger partial charge in [-0.05, 0) is 37.8 Å². The van der Waals surface area contributed by atoms with E-state index in [0.29, 0.717) is 12.6 Å². The molecule has 0 saturated heterocycles. The van der Waals surface area contributed by atoms with Gasteiger partial charge < -0.3 is 5.73 Å². The van der Waals surface area contributed by atoms with Crippen LogP contribution in [-0.4, -0.2) is 25.6 Å². The maximum absolute atomic E-state index is 5.97. The van der Waals surface area contributed by atoms with Crippen LogP contribution in [0.2, 0.25) is 0 Å². The molecule has 2 aromatic heterocycles. The first kappa shape index (κ1) is 14.8. The molecule has 0 radical (unpaired) electrons. The molecular formula is C15H25N5. The lowest BCUT2D eigenvalue weighted by molar-refractivity contribution is 0.471. The first-order valence-corrected chi connectivity index (χ1v) is 7.43. The van der Waals surface area contributed by atoms with Crippen LogP contribution < -0.4 is 5.73 Å². The Morgan fingerprint density at radius 3 is 2.80 bits per heavy atom. The number of rotatable bonds is 7. The molecule has 0 saturated carbocycles. The Bertz CT molecular complexity index is 528. The van der Waals surface area contributed by atoms with E-state index in [4.69, 9.17) is 5.73 Å². The molecule has 2 atom stereocenters. The van der Waals surface area contributed by atoms with Gasteiger partial charge in [0.25, 0.3) is 0 Å². The lowest BCUT2D eigenvalue weighted by Crippen LogP contribution is -2.21. The fourth-order valence-corrected chi connectivity index (χ4v) is 2.11. The van der Waals surface area contributed by atoms with Gasteiger partial charge in [0.15, 0.2) is 0 Å². The van der Waals surface area contributed by atoms with Crippen molar-refractivity contribution in [1.29, 1.82) is 0 Å². The van der Waals surface area contributed by atoms with Crippen LogP contribution in [0.5, 0.6) is 0 Å². The first-order valence-electron chi connectivity index (χ1n) is 7.43. The van der Waals surface area contributed by atoms with E-state index in [2.05, 4.69) is 43.2 Å². The van der Waals surface area contributed by atoms with Gasteiger partial charge in [0.05, 0.1) is 18.4 Å². The van der Waals surface area contributed by atoms with Gasteiger partial charge in [-0.25, -0.2) is 0 Å². The molecule has 0 amide bonds. The molecule has 2 unspecified atom stereocenters. The minimum atomic E-state index is 0.220. The van der Waals surface area contributed by atoms with E-state index < -0.39 is 0 Å². The van der Waals surface area contributed by atoms with Gasteiger partial charge in [0.1, 0.15) is 0 Å². The Balaban J connectivity index is 1.98. The van der Waals surface area contributed by atoms with Crippen molar-refractivity contribution < 1.29 is 0 Å². The first-order chi connectivity index (χ1) is 9.62. The molecule has 0 aliphatic rings. The lowest BCUT2D eigenvalue weighted by atomic mass is 10.1. The monoisotopic (exact) mass is 275 g/mol. The summed E-state index contributed by atoms with van der Waals surface area (Å²) >= 11 is 0. The molecule has 0 aliphatic carbocycles. The van der Waals surface area contributed by atoms with Gasteiger partial charge in [0, 0.05) is 24.5 Å². The van der Waals surface area contributed by atoms with Crippen molar-refractivity contribution in [3.05, 3.63) is 35.9 Å². The Kier molecular flexibility index (Phi) is 4.95. The van der Waals surface area contributed by atoms with E-state index in [1.807, 2.05) is 21.8 Å². The predicted octanol–water partition coefficient (Wildman–Crippen LogP) is 2.38. The van der Waals surface area contributed by atoms with Gasteiger partial charge in [-0.2, -0.15) is 10.2 Å². The largest absolute Gasteiger partial charge is 0.327 e. The Morgan fingerprint density at radius 1 is 1.30 bits per heavy atom. The molecule has 0 bridgehead atoms. The van der Waals surface area contributed by atoms with Gasteiger partial charge in [0.2, 0.25) is 0 Å². The van der Waals surface area contributed by atoms with E-state index in [-0.39, 0.29) is 6.04 Å². The molecule has 0 spiro atoms. The van der Waals surface area contributed by atoms with E-state index >= 15 is 0 Å². The highest BCUT2D eigenvalue weighted by molar-refractivity contribution is 5.08. The molecule has 2 rings (SSSR count). The standard InChI is InChI=1S/C15H25N5/c1-4-12(3)20-7-6-15(18-20)11-19-10-13(9-17-19)8-14(16)5-2/h6-7,9-10,12,14H,4-5,8,11,16H2,1-3H3. The maximum atomic E-state index is 5.97. The van der Waals surface area contributed by atoms with Crippen molar-refractivity contribution in [2.45, 2.75) is 58.7 Å². The number of hydrogen-bond donors (Lipinski definition) is 1. The van der Waals surface area contributed by atoms with Crippen molar-refractivity contribution in [1.82, 2.24) is 19.6 Å². The highest BCUT2D eigenvalue weighted by Gasteiger charge is 2.07. The average Bonchev–Trinajstić information content (AvgIpc) is 3.08. The van der Waals surface area contributed by atoms with E-state index in [9.17, 15) is 0 Å². The summed E-state index contributed by atoms with van der Waals surface area (Å²) in [4.78, 5) is 0. The van der Waals surface area contributed by atoms with E-state index in [1.54, 1.807) is 0 Å². The summed E-state index contributed by atoms with van der Waals surface area (Å²) in [6.07, 6.45) is 8.98. The normalized spacial score (nSPS) is 14.4. The highest BCUT2D eigenvalue weighted by Crippen LogP contribution is 2.10. The van der Waals surface area contributed by atoms with Crippen molar-refractivity contribution in [2.75, 3.05) is 0 Å². The number of aromatic nitrogens is 4. The van der Waals surface area contributed by atoms with Crippen LogP contribution in [0.25, 0.3) is 0 Å². The second kappa shape index (κ2) is 6.70. The van der Waals surface area contributed by atoms with Crippen LogP contribution in [0.15, 0.2) is 24.7 Å². The molecule has 110 valence electrons. The summed E-state index contributed by atoms with van der Waals surface area (Å²) in [7, 11) is 0. The molecule has 0 aromatic carbocycles. The van der Waals surface area contributed by atoms with E-state index in [1.165, 1.54) is 5.56 Å².